The van der Waals surface area contributed by atoms with Crippen LogP contribution in [-0.4, -0.2) is 57.7 Å². The van der Waals surface area contributed by atoms with E-state index in [9.17, 15) is 24.6 Å². The Morgan fingerprint density at radius 2 is 1.56 bits per heavy atom. The van der Waals surface area contributed by atoms with E-state index in [0.29, 0.717) is 0 Å². The van der Waals surface area contributed by atoms with Crippen molar-refractivity contribution in [3.05, 3.63) is 0 Å². The minimum absolute atomic E-state index is 0. The number of aliphatic hydroxyl groups is 4. The summed E-state index contributed by atoms with van der Waals surface area (Å²) in [6.07, 6.45) is -8.35. The molecule has 1 aliphatic rings. The zero-order chi connectivity index (χ0) is 12.5. The van der Waals surface area contributed by atoms with Crippen LogP contribution in [-0.2, 0) is 13.8 Å². The predicted octanol–water partition coefficient (Wildman–Crippen LogP) is -10.4. The van der Waals surface area contributed by atoms with E-state index < -0.39 is 45.1 Å². The monoisotopic (exact) mass is 304 g/mol. The maximum atomic E-state index is 10.1. The van der Waals surface area contributed by atoms with Crippen LogP contribution in [0.2, 0.25) is 0 Å². The summed E-state index contributed by atoms with van der Waals surface area (Å²) in [5.41, 5.74) is 0. The van der Waals surface area contributed by atoms with Crippen molar-refractivity contribution in [2.24, 2.45) is 0 Å². The van der Waals surface area contributed by atoms with Crippen molar-refractivity contribution >= 4 is 7.82 Å². The van der Waals surface area contributed by atoms with Crippen molar-refractivity contribution in [3.63, 3.8) is 0 Å². The molecule has 0 amide bonds. The fourth-order valence-corrected chi connectivity index (χ4v) is 1.56. The molecule has 0 aromatic rings. The van der Waals surface area contributed by atoms with Gasteiger partial charge >= 0.3 is 59.1 Å². The van der Waals surface area contributed by atoms with E-state index in [1.54, 1.807) is 0 Å². The van der Waals surface area contributed by atoms with Gasteiger partial charge in [-0.15, -0.1) is 0 Å². The summed E-state index contributed by atoms with van der Waals surface area (Å²) in [4.78, 5) is 20.3. The summed E-state index contributed by atoms with van der Waals surface area (Å²) < 4.78 is 18.5. The molecule has 1 aliphatic heterocycles. The van der Waals surface area contributed by atoms with E-state index in [4.69, 9.17) is 10.2 Å². The molecule has 0 radical (unpaired) electrons. The average Bonchev–Trinajstić information content (AvgIpc) is 2.17. The van der Waals surface area contributed by atoms with Crippen LogP contribution in [0.25, 0.3) is 0 Å². The van der Waals surface area contributed by atoms with Crippen LogP contribution in [0, 0.1) is 0 Å². The molecule has 9 nitrogen and oxygen atoms in total. The largest absolute Gasteiger partial charge is 1.00 e. The van der Waals surface area contributed by atoms with E-state index in [1.165, 1.54) is 0 Å². The first-order valence-electron chi connectivity index (χ1n) is 4.26. The Balaban J connectivity index is 0. The summed E-state index contributed by atoms with van der Waals surface area (Å²) in [7, 11) is -5.23. The van der Waals surface area contributed by atoms with Gasteiger partial charge in [-0.25, -0.2) is 0 Å². The van der Waals surface area contributed by atoms with Gasteiger partial charge in [0.1, 0.15) is 24.4 Å². The molecular formula is C6H11Na2O9P. The number of rotatable bonds is 3. The van der Waals surface area contributed by atoms with E-state index >= 15 is 0 Å². The van der Waals surface area contributed by atoms with Crippen LogP contribution in [0.3, 0.4) is 0 Å². The number of phosphoric acid groups is 1. The van der Waals surface area contributed by atoms with Crippen molar-refractivity contribution in [1.82, 2.24) is 0 Å². The van der Waals surface area contributed by atoms with Crippen LogP contribution < -0.4 is 68.9 Å². The second-order valence-electron chi connectivity index (χ2n) is 3.28. The van der Waals surface area contributed by atoms with Gasteiger partial charge in [-0.2, -0.15) is 0 Å². The third-order valence-electron chi connectivity index (χ3n) is 2.08. The molecule has 12 heteroatoms. The molecule has 0 bridgehead atoms. The van der Waals surface area contributed by atoms with E-state index in [-0.39, 0.29) is 59.1 Å². The summed E-state index contributed by atoms with van der Waals surface area (Å²) in [6.45, 7) is -0.855. The first-order chi connectivity index (χ1) is 7.22. The maximum Gasteiger partial charge on any atom is 1.00 e. The van der Waals surface area contributed by atoms with Crippen LogP contribution in [0.15, 0.2) is 0 Å². The van der Waals surface area contributed by atoms with Crippen LogP contribution in [0.5, 0.6) is 0 Å². The summed E-state index contributed by atoms with van der Waals surface area (Å²) in [5, 5.41) is 36.6. The molecule has 0 spiro atoms. The normalized spacial score (nSPS) is 36.4. The molecule has 0 aliphatic carbocycles. The van der Waals surface area contributed by atoms with Crippen molar-refractivity contribution in [1.29, 1.82) is 0 Å². The minimum Gasteiger partial charge on any atom is -0.790 e. The molecule has 18 heavy (non-hydrogen) atoms. The summed E-state index contributed by atoms with van der Waals surface area (Å²) in [5.74, 6) is 0. The second kappa shape index (κ2) is 9.04. The molecule has 0 unspecified atom stereocenters. The molecule has 0 aromatic heterocycles. The number of hydrogen-bond acceptors (Lipinski definition) is 9. The SMILES string of the molecule is O=P([O-])([O-])OC[C@H]1O[C@H](O)[C@H](O)[C@@H](O)[C@H]1O.[Na+].[Na+]. The maximum absolute atomic E-state index is 10.1. The first-order valence-corrected chi connectivity index (χ1v) is 5.73. The van der Waals surface area contributed by atoms with Gasteiger partial charge in [-0.05, 0) is 0 Å². The Morgan fingerprint density at radius 1 is 1.06 bits per heavy atom. The molecule has 5 atom stereocenters. The van der Waals surface area contributed by atoms with Crippen molar-refractivity contribution in [2.45, 2.75) is 30.7 Å². The molecule has 1 fully saturated rings. The Hall–Kier alpha value is 1.91. The van der Waals surface area contributed by atoms with Gasteiger partial charge in [0.25, 0.3) is 0 Å². The summed E-state index contributed by atoms with van der Waals surface area (Å²) >= 11 is 0. The number of hydrogen-bond donors (Lipinski definition) is 4. The molecular weight excluding hydrogens is 293 g/mol. The average molecular weight is 304 g/mol. The molecule has 1 saturated heterocycles. The van der Waals surface area contributed by atoms with Gasteiger partial charge in [-0.3, -0.25) is 0 Å². The Bertz CT molecular complexity index is 286. The molecule has 1 heterocycles. The van der Waals surface area contributed by atoms with Gasteiger partial charge in [-0.1, -0.05) is 0 Å². The van der Waals surface area contributed by atoms with Crippen molar-refractivity contribution in [2.75, 3.05) is 6.61 Å². The number of phosphoric ester groups is 1. The summed E-state index contributed by atoms with van der Waals surface area (Å²) in [6, 6.07) is 0. The predicted molar refractivity (Wildman–Crippen MR) is 42.5 cm³/mol. The molecule has 96 valence electrons. The van der Waals surface area contributed by atoms with Gasteiger partial charge in [0.05, 0.1) is 14.4 Å². The van der Waals surface area contributed by atoms with E-state index in [0.717, 1.165) is 0 Å². The molecule has 0 saturated carbocycles. The molecule has 1 rings (SSSR count). The van der Waals surface area contributed by atoms with E-state index in [2.05, 4.69) is 9.26 Å². The van der Waals surface area contributed by atoms with Gasteiger partial charge in [0.2, 0.25) is 0 Å². The fourth-order valence-electron chi connectivity index (χ4n) is 1.23. The zero-order valence-electron chi connectivity index (χ0n) is 9.87. The van der Waals surface area contributed by atoms with Gasteiger partial charge in [0, 0.05) is 0 Å². The third kappa shape index (κ3) is 6.57. The first kappa shape index (κ1) is 22.2. The van der Waals surface area contributed by atoms with Crippen molar-refractivity contribution in [3.8, 4) is 0 Å². The zero-order valence-corrected chi connectivity index (χ0v) is 14.8. The molecule has 0 aromatic carbocycles. The van der Waals surface area contributed by atoms with Crippen molar-refractivity contribution < 1.29 is 103 Å². The smallest absolute Gasteiger partial charge is 0.790 e. The third-order valence-corrected chi connectivity index (χ3v) is 2.55. The quantitative estimate of drug-likeness (QED) is 0.293. The Morgan fingerprint density at radius 3 is 2.00 bits per heavy atom. The minimum atomic E-state index is -5.23. The topological polar surface area (TPSA) is 163 Å². The Kier molecular flexibility index (Phi) is 11.1. The van der Waals surface area contributed by atoms with Crippen LogP contribution >= 0.6 is 7.82 Å². The fraction of sp³-hybridized carbons (Fsp3) is 1.00. The second-order valence-corrected chi connectivity index (χ2v) is 4.43. The Labute approximate surface area is 147 Å². The molecule has 4 N–H and O–H groups in total. The number of ether oxygens (including phenoxy) is 1. The van der Waals surface area contributed by atoms with Crippen LogP contribution in [0.4, 0.5) is 0 Å². The van der Waals surface area contributed by atoms with Gasteiger partial charge < -0.3 is 44.0 Å². The van der Waals surface area contributed by atoms with Crippen LogP contribution in [0.1, 0.15) is 0 Å². The van der Waals surface area contributed by atoms with E-state index in [1.807, 2.05) is 0 Å². The van der Waals surface area contributed by atoms with Gasteiger partial charge in [0.15, 0.2) is 6.29 Å². The standard InChI is InChI=1S/C6H13O9P.2Na/c7-3-2(1-14-16(11,12)13)15-6(10)5(9)4(3)8;;/h2-10H,1H2,(H2,11,12,13);;/q;2*+1/p-2/t2-,3+,4+,5-,6+;;/m1../s1. The number of aliphatic hydroxyl groups excluding tert-OH is 4.